The standard InChI is InChI=1S/C12H11BrCl2FN3O/c1-5(2)17-9-6-3-7(16)10(15)18-11(6)19(4-14)12(20)8(9)13/h3,5,17H,4H2,1-2H3. The van der Waals surface area contributed by atoms with Crippen LogP contribution in [-0.2, 0) is 6.00 Å². The van der Waals surface area contributed by atoms with Crippen molar-refractivity contribution in [2.75, 3.05) is 5.32 Å². The summed E-state index contributed by atoms with van der Waals surface area (Å²) in [6, 6.07) is 1.19. The van der Waals surface area contributed by atoms with Gasteiger partial charge in [-0.25, -0.2) is 9.37 Å². The minimum absolute atomic E-state index is 0.0551. The monoisotopic (exact) mass is 381 g/mol. The normalized spacial score (nSPS) is 11.3. The van der Waals surface area contributed by atoms with E-state index in [9.17, 15) is 9.18 Å². The minimum Gasteiger partial charge on any atom is -0.381 e. The molecule has 8 heteroatoms. The van der Waals surface area contributed by atoms with Crippen molar-refractivity contribution in [2.45, 2.75) is 25.9 Å². The zero-order valence-electron chi connectivity index (χ0n) is 10.7. The second-order valence-corrected chi connectivity index (χ2v) is 5.86. The molecule has 0 aliphatic heterocycles. The molecule has 2 heterocycles. The Balaban J connectivity index is 2.94. The SMILES string of the molecule is CC(C)Nc1c(Br)c(=O)n(CCl)c2nc(Cl)c(F)cc12. The number of aromatic nitrogens is 2. The molecule has 2 rings (SSSR count). The van der Waals surface area contributed by atoms with Gasteiger partial charge in [0.15, 0.2) is 11.0 Å². The molecule has 0 amide bonds. The smallest absolute Gasteiger partial charge is 0.269 e. The number of halogens is 4. The Hall–Kier alpha value is -0.850. The number of anilines is 1. The lowest BCUT2D eigenvalue weighted by atomic mass is 10.2. The third-order valence-corrected chi connectivity index (χ3v) is 3.88. The molecule has 2 aromatic rings. The van der Waals surface area contributed by atoms with Gasteiger partial charge in [0, 0.05) is 11.4 Å². The molecule has 0 atom stereocenters. The van der Waals surface area contributed by atoms with E-state index in [1.807, 2.05) is 13.8 Å². The summed E-state index contributed by atoms with van der Waals surface area (Å²) in [5.41, 5.74) is 0.359. The van der Waals surface area contributed by atoms with Gasteiger partial charge in [-0.2, -0.15) is 0 Å². The Morgan fingerprint density at radius 1 is 1.55 bits per heavy atom. The van der Waals surface area contributed by atoms with Crippen LogP contribution in [-0.4, -0.2) is 15.6 Å². The van der Waals surface area contributed by atoms with Gasteiger partial charge in [0.05, 0.1) is 5.69 Å². The van der Waals surface area contributed by atoms with Gasteiger partial charge in [0.25, 0.3) is 5.56 Å². The summed E-state index contributed by atoms with van der Waals surface area (Å²) < 4.78 is 15.2. The van der Waals surface area contributed by atoms with E-state index in [1.54, 1.807) is 0 Å². The van der Waals surface area contributed by atoms with Gasteiger partial charge in [-0.05, 0) is 35.8 Å². The van der Waals surface area contributed by atoms with E-state index in [1.165, 1.54) is 10.6 Å². The molecule has 20 heavy (non-hydrogen) atoms. The molecule has 0 saturated carbocycles. The summed E-state index contributed by atoms with van der Waals surface area (Å²) in [4.78, 5) is 16.2. The highest BCUT2D eigenvalue weighted by molar-refractivity contribution is 9.10. The van der Waals surface area contributed by atoms with Crippen molar-refractivity contribution in [1.82, 2.24) is 9.55 Å². The highest BCUT2D eigenvalue weighted by Gasteiger charge is 2.18. The van der Waals surface area contributed by atoms with Gasteiger partial charge < -0.3 is 5.32 Å². The van der Waals surface area contributed by atoms with Crippen LogP contribution in [0, 0.1) is 5.82 Å². The number of hydrogen-bond acceptors (Lipinski definition) is 3. The average Bonchev–Trinajstić information content (AvgIpc) is 2.38. The van der Waals surface area contributed by atoms with E-state index < -0.39 is 5.82 Å². The molecular weight excluding hydrogens is 372 g/mol. The molecule has 0 aromatic carbocycles. The van der Waals surface area contributed by atoms with E-state index in [4.69, 9.17) is 23.2 Å². The first-order valence-electron chi connectivity index (χ1n) is 5.77. The maximum atomic E-state index is 13.7. The van der Waals surface area contributed by atoms with E-state index in [0.717, 1.165) is 0 Å². The lowest BCUT2D eigenvalue weighted by Crippen LogP contribution is -2.24. The predicted octanol–water partition coefficient (Wildman–Crippen LogP) is 3.97. The molecular formula is C12H11BrCl2FN3O. The van der Waals surface area contributed by atoms with Crippen LogP contribution >= 0.6 is 39.1 Å². The Labute approximate surface area is 133 Å². The van der Waals surface area contributed by atoms with E-state index in [0.29, 0.717) is 11.1 Å². The van der Waals surface area contributed by atoms with Gasteiger partial charge in [0.1, 0.15) is 16.1 Å². The molecule has 0 bridgehead atoms. The summed E-state index contributed by atoms with van der Waals surface area (Å²) in [6.07, 6.45) is 0. The minimum atomic E-state index is -0.655. The third kappa shape index (κ3) is 2.64. The highest BCUT2D eigenvalue weighted by Crippen LogP contribution is 2.30. The second kappa shape index (κ2) is 5.87. The number of pyridine rings is 2. The fraction of sp³-hybridized carbons (Fsp3) is 0.333. The van der Waals surface area contributed by atoms with Gasteiger partial charge in [-0.15, -0.1) is 11.6 Å². The Morgan fingerprint density at radius 2 is 2.20 bits per heavy atom. The number of fused-ring (bicyclic) bond motifs is 1. The molecule has 0 aliphatic carbocycles. The fourth-order valence-corrected chi connectivity index (χ4v) is 2.73. The number of alkyl halides is 1. The fourth-order valence-electron chi connectivity index (χ4n) is 1.83. The lowest BCUT2D eigenvalue weighted by Gasteiger charge is -2.17. The average molecular weight is 383 g/mol. The zero-order valence-corrected chi connectivity index (χ0v) is 13.8. The Bertz CT molecular complexity index is 733. The maximum Gasteiger partial charge on any atom is 0.269 e. The van der Waals surface area contributed by atoms with Crippen molar-refractivity contribution in [3.63, 3.8) is 0 Å². The van der Waals surface area contributed by atoms with Crippen molar-refractivity contribution < 1.29 is 4.39 Å². The van der Waals surface area contributed by atoms with Crippen LogP contribution in [0.5, 0.6) is 0 Å². The molecule has 0 unspecified atom stereocenters. The van der Waals surface area contributed by atoms with Crippen molar-refractivity contribution in [3.05, 3.63) is 31.9 Å². The Morgan fingerprint density at radius 3 is 2.75 bits per heavy atom. The van der Waals surface area contributed by atoms with Crippen LogP contribution in [0.1, 0.15) is 13.8 Å². The van der Waals surface area contributed by atoms with Crippen LogP contribution in [0.3, 0.4) is 0 Å². The van der Waals surface area contributed by atoms with Crippen molar-refractivity contribution in [3.8, 4) is 0 Å². The first-order chi connectivity index (χ1) is 9.36. The summed E-state index contributed by atoms with van der Waals surface area (Å²) in [6.45, 7) is 3.82. The van der Waals surface area contributed by atoms with E-state index in [2.05, 4.69) is 26.2 Å². The number of hydrogen-bond donors (Lipinski definition) is 1. The van der Waals surface area contributed by atoms with Crippen LogP contribution < -0.4 is 10.9 Å². The predicted molar refractivity (Wildman–Crippen MR) is 83.3 cm³/mol. The molecule has 1 N–H and O–H groups in total. The molecule has 4 nitrogen and oxygen atoms in total. The highest BCUT2D eigenvalue weighted by atomic mass is 79.9. The van der Waals surface area contributed by atoms with Gasteiger partial charge in [-0.3, -0.25) is 9.36 Å². The maximum absolute atomic E-state index is 13.7. The van der Waals surface area contributed by atoms with Crippen molar-refractivity contribution in [2.24, 2.45) is 0 Å². The van der Waals surface area contributed by atoms with Crippen LogP contribution in [0.25, 0.3) is 11.0 Å². The first kappa shape index (κ1) is 15.5. The quantitative estimate of drug-likeness (QED) is 0.645. The summed E-state index contributed by atoms with van der Waals surface area (Å²) >= 11 is 14.7. The van der Waals surface area contributed by atoms with Gasteiger partial charge in [-0.1, -0.05) is 11.6 Å². The molecule has 108 valence electrons. The van der Waals surface area contributed by atoms with E-state index in [-0.39, 0.29) is 32.9 Å². The second-order valence-electron chi connectivity index (χ2n) is 4.47. The zero-order chi connectivity index (χ0) is 15.0. The van der Waals surface area contributed by atoms with Crippen LogP contribution in [0.4, 0.5) is 10.1 Å². The topological polar surface area (TPSA) is 46.9 Å². The molecule has 2 aromatic heterocycles. The van der Waals surface area contributed by atoms with Crippen LogP contribution in [0.2, 0.25) is 5.15 Å². The molecule has 0 saturated heterocycles. The summed E-state index contributed by atoms with van der Waals surface area (Å²) in [7, 11) is 0. The molecule has 0 fully saturated rings. The lowest BCUT2D eigenvalue weighted by molar-refractivity contribution is 0.623. The Kier molecular flexibility index (Phi) is 4.56. The largest absolute Gasteiger partial charge is 0.381 e. The molecule has 0 radical (unpaired) electrons. The van der Waals surface area contributed by atoms with E-state index >= 15 is 0 Å². The van der Waals surface area contributed by atoms with Crippen molar-refractivity contribution in [1.29, 1.82) is 0 Å². The molecule has 0 aliphatic rings. The summed E-state index contributed by atoms with van der Waals surface area (Å²) in [5.74, 6) is -0.655. The number of nitrogens with zero attached hydrogens (tertiary/aromatic N) is 2. The third-order valence-electron chi connectivity index (χ3n) is 2.64. The number of rotatable bonds is 3. The van der Waals surface area contributed by atoms with Crippen LogP contribution in [0.15, 0.2) is 15.3 Å². The first-order valence-corrected chi connectivity index (χ1v) is 7.48. The van der Waals surface area contributed by atoms with Gasteiger partial charge >= 0.3 is 0 Å². The summed E-state index contributed by atoms with van der Waals surface area (Å²) in [5, 5.41) is 3.24. The van der Waals surface area contributed by atoms with Gasteiger partial charge in [0.2, 0.25) is 0 Å². The van der Waals surface area contributed by atoms with Crippen molar-refractivity contribution >= 4 is 55.9 Å². The molecule has 0 spiro atoms. The number of nitrogens with one attached hydrogen (secondary N) is 1.